The van der Waals surface area contributed by atoms with Gasteiger partial charge in [0, 0.05) is 16.9 Å². The molecule has 1 saturated heterocycles. The fourth-order valence-electron chi connectivity index (χ4n) is 3.25. The van der Waals surface area contributed by atoms with Crippen molar-refractivity contribution in [2.24, 2.45) is 0 Å². The van der Waals surface area contributed by atoms with Gasteiger partial charge < -0.3 is 15.4 Å². The van der Waals surface area contributed by atoms with Crippen LogP contribution in [0.15, 0.2) is 42.5 Å². The molecule has 0 unspecified atom stereocenters. The summed E-state index contributed by atoms with van der Waals surface area (Å²) in [5.41, 5.74) is -3.39. The lowest BCUT2D eigenvalue weighted by Crippen LogP contribution is -2.62. The number of rotatable bonds is 3. The highest BCUT2D eigenvalue weighted by Crippen LogP contribution is 2.48. The molecule has 8 heteroatoms. The van der Waals surface area contributed by atoms with E-state index >= 15 is 8.78 Å². The summed E-state index contributed by atoms with van der Waals surface area (Å²) in [5, 5.41) is 5.56. The third-order valence-electron chi connectivity index (χ3n) is 4.98. The molecule has 2 aromatic rings. The van der Waals surface area contributed by atoms with Gasteiger partial charge in [-0.25, -0.2) is 17.6 Å². The van der Waals surface area contributed by atoms with Crippen LogP contribution in [0, 0.1) is 11.6 Å². The Morgan fingerprint density at radius 1 is 1.00 bits per heavy atom. The van der Waals surface area contributed by atoms with Crippen LogP contribution in [0.4, 0.5) is 28.9 Å². The van der Waals surface area contributed by atoms with Gasteiger partial charge in [-0.05, 0) is 63.2 Å². The van der Waals surface area contributed by atoms with Crippen LogP contribution >= 0.6 is 12.2 Å². The normalized spacial score (nSPS) is 23.6. The minimum atomic E-state index is -3.50. The molecule has 0 aliphatic carbocycles. The van der Waals surface area contributed by atoms with Crippen molar-refractivity contribution in [2.45, 2.75) is 37.8 Å². The van der Waals surface area contributed by atoms with E-state index < -0.39 is 28.7 Å². The van der Waals surface area contributed by atoms with Crippen LogP contribution in [0.1, 0.15) is 26.3 Å². The average Bonchev–Trinajstić information content (AvgIpc) is 2.68. The second-order valence-corrected chi connectivity index (χ2v) is 7.87. The number of ether oxygens (including phenoxy) is 1. The highest BCUT2D eigenvalue weighted by molar-refractivity contribution is 7.80. The molecule has 0 saturated carbocycles. The quantitative estimate of drug-likeness (QED) is 0.531. The van der Waals surface area contributed by atoms with E-state index in [9.17, 15) is 8.78 Å². The number of nitrogens with one attached hydrogen (secondary N) is 2. The molecule has 3 rings (SSSR count). The number of anilines is 2. The zero-order chi connectivity index (χ0) is 20.7. The Morgan fingerprint density at radius 2 is 1.61 bits per heavy atom. The Hall–Kier alpha value is -2.19. The smallest absolute Gasteiger partial charge is 0.302 e. The minimum absolute atomic E-state index is 0.0593. The lowest BCUT2D eigenvalue weighted by molar-refractivity contribution is -0.216. The Kier molecular flexibility index (Phi) is 5.14. The third kappa shape index (κ3) is 3.46. The SMILES string of the molecule is CC1(C)OCC(=S)N[C@](C)(c2cc(Nc3ccc(F)cc3)ccc2F)C1(F)F. The van der Waals surface area contributed by atoms with Gasteiger partial charge >= 0.3 is 5.92 Å². The third-order valence-corrected chi connectivity index (χ3v) is 5.20. The van der Waals surface area contributed by atoms with Gasteiger partial charge in [-0.2, -0.15) is 0 Å². The van der Waals surface area contributed by atoms with E-state index in [1.54, 1.807) is 0 Å². The summed E-state index contributed by atoms with van der Waals surface area (Å²) in [6.45, 7) is 3.51. The van der Waals surface area contributed by atoms with Gasteiger partial charge in [-0.1, -0.05) is 12.2 Å². The number of benzene rings is 2. The van der Waals surface area contributed by atoms with Gasteiger partial charge in [0.05, 0.1) is 6.61 Å². The number of hydrogen-bond donors (Lipinski definition) is 2. The summed E-state index contributed by atoms with van der Waals surface area (Å²) in [4.78, 5) is 0.0593. The summed E-state index contributed by atoms with van der Waals surface area (Å²) in [6, 6.07) is 9.31. The molecule has 0 spiro atoms. The predicted molar refractivity (Wildman–Crippen MR) is 104 cm³/mol. The van der Waals surface area contributed by atoms with Crippen LogP contribution in [-0.2, 0) is 10.3 Å². The van der Waals surface area contributed by atoms with Crippen LogP contribution in [0.25, 0.3) is 0 Å². The number of halogens is 4. The zero-order valence-corrected chi connectivity index (χ0v) is 16.4. The molecule has 28 heavy (non-hydrogen) atoms. The van der Waals surface area contributed by atoms with Crippen LogP contribution in [0.2, 0.25) is 0 Å². The maximum absolute atomic E-state index is 15.5. The number of thiocarbonyl (C=S) groups is 1. The topological polar surface area (TPSA) is 33.3 Å². The van der Waals surface area contributed by atoms with Crippen molar-refractivity contribution < 1.29 is 22.3 Å². The first kappa shape index (κ1) is 20.5. The van der Waals surface area contributed by atoms with Crippen molar-refractivity contribution >= 4 is 28.6 Å². The van der Waals surface area contributed by atoms with E-state index in [0.29, 0.717) is 11.4 Å². The second kappa shape index (κ2) is 7.00. The summed E-state index contributed by atoms with van der Waals surface area (Å²) >= 11 is 5.10. The van der Waals surface area contributed by atoms with Crippen molar-refractivity contribution in [3.05, 3.63) is 59.7 Å². The van der Waals surface area contributed by atoms with Gasteiger partial charge in [0.2, 0.25) is 0 Å². The van der Waals surface area contributed by atoms with E-state index in [4.69, 9.17) is 17.0 Å². The lowest BCUT2D eigenvalue weighted by atomic mass is 9.77. The van der Waals surface area contributed by atoms with Gasteiger partial charge in [0.25, 0.3) is 0 Å². The monoisotopic (exact) mass is 412 g/mol. The van der Waals surface area contributed by atoms with Crippen LogP contribution in [0.5, 0.6) is 0 Å². The van der Waals surface area contributed by atoms with E-state index in [0.717, 1.165) is 6.07 Å². The average molecular weight is 412 g/mol. The molecule has 1 aliphatic heterocycles. The largest absolute Gasteiger partial charge is 0.363 e. The van der Waals surface area contributed by atoms with E-state index in [1.165, 1.54) is 57.2 Å². The molecule has 2 aromatic carbocycles. The van der Waals surface area contributed by atoms with Gasteiger partial charge in [0.1, 0.15) is 27.8 Å². The predicted octanol–water partition coefficient (Wildman–Crippen LogP) is 5.28. The molecule has 0 bridgehead atoms. The molecule has 0 aromatic heterocycles. The molecule has 2 N–H and O–H groups in total. The number of hydrogen-bond acceptors (Lipinski definition) is 3. The Labute approximate surface area is 166 Å². The molecule has 1 aliphatic rings. The summed E-state index contributed by atoms with van der Waals surface area (Å²) in [6.07, 6.45) is 0. The second-order valence-electron chi connectivity index (χ2n) is 7.37. The summed E-state index contributed by atoms with van der Waals surface area (Å²) < 4.78 is 64.0. The van der Waals surface area contributed by atoms with Crippen LogP contribution in [0.3, 0.4) is 0 Å². The lowest BCUT2D eigenvalue weighted by Gasteiger charge is -2.44. The zero-order valence-electron chi connectivity index (χ0n) is 15.6. The highest BCUT2D eigenvalue weighted by atomic mass is 32.1. The fourth-order valence-corrected chi connectivity index (χ4v) is 3.52. The van der Waals surface area contributed by atoms with Crippen molar-refractivity contribution in [3.8, 4) is 0 Å². The molecule has 1 atom stereocenters. The van der Waals surface area contributed by atoms with E-state index in [2.05, 4.69) is 10.6 Å². The fraction of sp³-hybridized carbons (Fsp3) is 0.350. The molecule has 0 amide bonds. The minimum Gasteiger partial charge on any atom is -0.363 e. The molecule has 0 radical (unpaired) electrons. The van der Waals surface area contributed by atoms with Crippen LogP contribution < -0.4 is 10.6 Å². The Bertz CT molecular complexity index is 902. The van der Waals surface area contributed by atoms with Crippen LogP contribution in [-0.4, -0.2) is 23.1 Å². The van der Waals surface area contributed by atoms with Gasteiger partial charge in [-0.15, -0.1) is 0 Å². The number of alkyl halides is 2. The molecular weight excluding hydrogens is 392 g/mol. The highest BCUT2D eigenvalue weighted by Gasteiger charge is 2.64. The first-order valence-electron chi connectivity index (χ1n) is 8.62. The molecule has 3 nitrogen and oxygen atoms in total. The standard InChI is InChI=1S/C20H20F4N2OS/c1-18(2)20(23,24)19(3,26-17(28)11-27-18)15-10-14(8-9-16(15)22)25-13-6-4-12(21)5-7-13/h4-10,25H,11H2,1-3H3,(H,26,28)/t19-/m1/s1. The van der Waals surface area contributed by atoms with E-state index in [1.807, 2.05) is 0 Å². The maximum Gasteiger partial charge on any atom is 0.302 e. The maximum atomic E-state index is 15.5. The molecular formula is C20H20F4N2OS. The summed E-state index contributed by atoms with van der Waals surface area (Å²) in [7, 11) is 0. The molecule has 1 fully saturated rings. The molecule has 150 valence electrons. The van der Waals surface area contributed by atoms with Gasteiger partial charge in [0.15, 0.2) is 0 Å². The first-order valence-corrected chi connectivity index (χ1v) is 9.02. The van der Waals surface area contributed by atoms with E-state index in [-0.39, 0.29) is 17.2 Å². The van der Waals surface area contributed by atoms with Crippen molar-refractivity contribution in [2.75, 3.05) is 11.9 Å². The Balaban J connectivity index is 2.07. The molecule has 1 heterocycles. The van der Waals surface area contributed by atoms with Crippen molar-refractivity contribution in [3.63, 3.8) is 0 Å². The van der Waals surface area contributed by atoms with Crippen molar-refractivity contribution in [1.29, 1.82) is 0 Å². The Morgan fingerprint density at radius 3 is 2.25 bits per heavy atom. The van der Waals surface area contributed by atoms with Gasteiger partial charge in [-0.3, -0.25) is 0 Å². The first-order chi connectivity index (χ1) is 13.0. The summed E-state index contributed by atoms with van der Waals surface area (Å²) in [5.74, 6) is -4.72. The van der Waals surface area contributed by atoms with Crippen molar-refractivity contribution in [1.82, 2.24) is 5.32 Å².